The number of rotatable bonds is 5. The lowest BCUT2D eigenvalue weighted by atomic mass is 10.1. The van der Waals surface area contributed by atoms with Crippen LogP contribution < -0.4 is 0 Å². The third kappa shape index (κ3) is 3.52. The van der Waals surface area contributed by atoms with Crippen molar-refractivity contribution < 1.29 is 14.3 Å². The third-order valence-electron chi connectivity index (χ3n) is 2.70. The maximum Gasteiger partial charge on any atom is 0.349 e. The van der Waals surface area contributed by atoms with Gasteiger partial charge in [-0.3, -0.25) is 0 Å². The van der Waals surface area contributed by atoms with Crippen LogP contribution in [0.5, 0.6) is 0 Å². The Kier molecular flexibility index (Phi) is 5.51. The minimum atomic E-state index is -0.342. The normalized spacial score (nSPS) is 11.2. The Morgan fingerprint density at radius 1 is 1.33 bits per heavy atom. The molecule has 0 spiro atoms. The van der Waals surface area contributed by atoms with E-state index in [1.165, 1.54) is 11.3 Å². The number of hydrogen-bond acceptors (Lipinski definition) is 6. The number of esters is 1. The van der Waals surface area contributed by atoms with Gasteiger partial charge in [-0.15, -0.1) is 11.3 Å². The third-order valence-corrected chi connectivity index (χ3v) is 4.26. The number of hydrogen-bond donors (Lipinski definition) is 0. The summed E-state index contributed by atoms with van der Waals surface area (Å²) in [5, 5.41) is 0.874. The van der Waals surface area contributed by atoms with Crippen molar-refractivity contribution in [3.63, 3.8) is 0 Å². The molecule has 21 heavy (non-hydrogen) atoms. The van der Waals surface area contributed by atoms with Gasteiger partial charge >= 0.3 is 5.97 Å². The van der Waals surface area contributed by atoms with Gasteiger partial charge < -0.3 is 9.47 Å². The summed E-state index contributed by atoms with van der Waals surface area (Å²) in [6.45, 7) is 6.50. The van der Waals surface area contributed by atoms with Crippen molar-refractivity contribution in [3.8, 4) is 0 Å². The van der Waals surface area contributed by atoms with Gasteiger partial charge in [0.05, 0.1) is 25.2 Å². The minimum absolute atomic E-state index is 0.337. The van der Waals surface area contributed by atoms with Crippen LogP contribution in [0.3, 0.4) is 0 Å². The summed E-state index contributed by atoms with van der Waals surface area (Å²) in [4.78, 5) is 22.2. The van der Waals surface area contributed by atoms with E-state index >= 15 is 0 Å². The van der Waals surface area contributed by atoms with Crippen LogP contribution in [0, 0.1) is 10.8 Å². The summed E-state index contributed by atoms with van der Waals surface area (Å²) in [7, 11) is 0. The van der Waals surface area contributed by atoms with E-state index in [1.54, 1.807) is 19.3 Å². The molecule has 2 rings (SSSR count). The van der Waals surface area contributed by atoms with Gasteiger partial charge in [-0.05, 0) is 26.8 Å². The van der Waals surface area contributed by atoms with E-state index in [1.807, 2.05) is 13.8 Å². The molecule has 0 saturated heterocycles. The first-order chi connectivity index (χ1) is 10.1. The van der Waals surface area contributed by atoms with Crippen LogP contribution in [0.25, 0.3) is 16.3 Å². The second kappa shape index (κ2) is 7.17. The van der Waals surface area contributed by atoms with Gasteiger partial charge in [0.1, 0.15) is 9.71 Å². The number of nitrogens with zero attached hydrogens (tertiary/aromatic N) is 2. The monoisotopic (exact) mass is 418 g/mol. The number of carbonyl (C=O) groups is 1. The van der Waals surface area contributed by atoms with E-state index in [-0.39, 0.29) is 5.97 Å². The number of thiophene rings is 1. The second-order valence-corrected chi connectivity index (χ2v) is 6.05. The summed E-state index contributed by atoms with van der Waals surface area (Å²) in [6.07, 6.45) is 3.36. The molecule has 0 amide bonds. The van der Waals surface area contributed by atoms with Crippen molar-refractivity contribution in [2.24, 2.45) is 0 Å². The molecule has 0 radical (unpaired) electrons. The predicted octanol–water partition coefficient (Wildman–Crippen LogP) is 3.79. The zero-order chi connectivity index (χ0) is 15.4. The molecule has 5 nitrogen and oxygen atoms in total. The summed E-state index contributed by atoms with van der Waals surface area (Å²) in [5.41, 5.74) is 1.60. The zero-order valence-corrected chi connectivity index (χ0v) is 14.9. The molecule has 7 heteroatoms. The van der Waals surface area contributed by atoms with Crippen LogP contribution in [-0.2, 0) is 9.47 Å². The molecule has 2 aromatic rings. The smallest absolute Gasteiger partial charge is 0.349 e. The SMILES string of the molecule is CCO/C=C/c1c(C(=O)OCC)sc2nc(I)nc(C)c12. The maximum atomic E-state index is 12.1. The molecule has 0 N–H and O–H groups in total. The largest absolute Gasteiger partial charge is 0.501 e. The summed E-state index contributed by atoms with van der Waals surface area (Å²) < 4.78 is 11.0. The molecular weight excluding hydrogens is 403 g/mol. The number of fused-ring (bicyclic) bond motifs is 1. The second-order valence-electron chi connectivity index (χ2n) is 4.08. The Hall–Kier alpha value is -1.22. The lowest BCUT2D eigenvalue weighted by Crippen LogP contribution is -2.03. The van der Waals surface area contributed by atoms with E-state index in [0.29, 0.717) is 21.9 Å². The van der Waals surface area contributed by atoms with Gasteiger partial charge in [-0.1, -0.05) is 0 Å². The summed E-state index contributed by atoms with van der Waals surface area (Å²) in [5.74, 6) is -0.342. The van der Waals surface area contributed by atoms with Gasteiger partial charge in [0.2, 0.25) is 0 Å². The Labute approximate surface area is 140 Å². The standard InChI is InChI=1S/C14H15IN2O3S/c1-4-19-7-6-9-10-8(3)16-14(15)17-12(10)21-11(9)13(18)20-5-2/h6-7H,4-5H2,1-3H3/b7-6+. The van der Waals surface area contributed by atoms with Crippen LogP contribution in [0.2, 0.25) is 0 Å². The number of halogens is 1. The Bertz CT molecular complexity index is 697. The molecule has 0 aliphatic rings. The lowest BCUT2D eigenvalue weighted by Gasteiger charge is -2.02. The number of ether oxygens (including phenoxy) is 2. The summed E-state index contributed by atoms with van der Waals surface area (Å²) in [6, 6.07) is 0. The van der Waals surface area contributed by atoms with Crippen LogP contribution in [0.4, 0.5) is 0 Å². The molecule has 0 atom stereocenters. The molecule has 0 saturated carbocycles. The molecule has 112 valence electrons. The Balaban J connectivity index is 2.63. The topological polar surface area (TPSA) is 61.3 Å². The van der Waals surface area contributed by atoms with Gasteiger partial charge in [0, 0.05) is 33.5 Å². The van der Waals surface area contributed by atoms with E-state index in [2.05, 4.69) is 32.6 Å². The van der Waals surface area contributed by atoms with Gasteiger partial charge in [0.25, 0.3) is 0 Å². The highest BCUT2D eigenvalue weighted by Gasteiger charge is 2.21. The zero-order valence-electron chi connectivity index (χ0n) is 12.0. The van der Waals surface area contributed by atoms with Gasteiger partial charge in [-0.2, -0.15) is 0 Å². The molecule has 0 bridgehead atoms. The molecule has 0 unspecified atom stereocenters. The average Bonchev–Trinajstić information content (AvgIpc) is 2.78. The number of carbonyl (C=O) groups excluding carboxylic acids is 1. The van der Waals surface area contributed by atoms with E-state index in [4.69, 9.17) is 9.47 Å². The molecule has 0 aromatic carbocycles. The van der Waals surface area contributed by atoms with E-state index in [9.17, 15) is 4.79 Å². The minimum Gasteiger partial charge on any atom is -0.501 e. The van der Waals surface area contributed by atoms with Gasteiger partial charge in [-0.25, -0.2) is 14.8 Å². The average molecular weight is 418 g/mol. The van der Waals surface area contributed by atoms with Crippen LogP contribution in [0.15, 0.2) is 6.26 Å². The van der Waals surface area contributed by atoms with Crippen LogP contribution >= 0.6 is 33.9 Å². The van der Waals surface area contributed by atoms with Crippen molar-refractivity contribution in [3.05, 3.63) is 26.2 Å². The quantitative estimate of drug-likeness (QED) is 0.320. The molecular formula is C14H15IN2O3S. The van der Waals surface area contributed by atoms with Gasteiger partial charge in [0.15, 0.2) is 3.83 Å². The van der Waals surface area contributed by atoms with Crippen LogP contribution in [0.1, 0.15) is 34.8 Å². The summed E-state index contributed by atoms with van der Waals surface area (Å²) >= 11 is 3.39. The van der Waals surface area contributed by atoms with Crippen molar-refractivity contribution in [2.75, 3.05) is 13.2 Å². The highest BCUT2D eigenvalue weighted by atomic mass is 127. The first-order valence-electron chi connectivity index (χ1n) is 6.50. The fraction of sp³-hybridized carbons (Fsp3) is 0.357. The maximum absolute atomic E-state index is 12.1. The molecule has 2 aromatic heterocycles. The predicted molar refractivity (Wildman–Crippen MR) is 91.5 cm³/mol. The fourth-order valence-corrected chi connectivity index (χ4v) is 3.76. The highest BCUT2D eigenvalue weighted by molar-refractivity contribution is 14.1. The first-order valence-corrected chi connectivity index (χ1v) is 8.39. The van der Waals surface area contributed by atoms with Crippen molar-refractivity contribution in [1.82, 2.24) is 9.97 Å². The highest BCUT2D eigenvalue weighted by Crippen LogP contribution is 2.33. The number of aromatic nitrogens is 2. The Morgan fingerprint density at radius 2 is 2.10 bits per heavy atom. The van der Waals surface area contributed by atoms with E-state index < -0.39 is 0 Å². The van der Waals surface area contributed by atoms with Crippen molar-refractivity contribution in [2.45, 2.75) is 20.8 Å². The number of aryl methyl sites for hydroxylation is 1. The lowest BCUT2D eigenvalue weighted by molar-refractivity contribution is 0.0532. The van der Waals surface area contributed by atoms with Crippen LogP contribution in [-0.4, -0.2) is 29.2 Å². The molecule has 0 fully saturated rings. The molecule has 0 aliphatic carbocycles. The first kappa shape index (κ1) is 16.2. The van der Waals surface area contributed by atoms with Crippen molar-refractivity contribution >= 4 is 56.2 Å². The molecule has 0 aliphatic heterocycles. The van der Waals surface area contributed by atoms with Crippen molar-refractivity contribution in [1.29, 1.82) is 0 Å². The van der Waals surface area contributed by atoms with E-state index in [0.717, 1.165) is 21.5 Å². The fourth-order valence-electron chi connectivity index (χ4n) is 1.88. The molecule has 2 heterocycles. The Morgan fingerprint density at radius 3 is 2.76 bits per heavy atom.